The quantitative estimate of drug-likeness (QED) is 0.642. The lowest BCUT2D eigenvalue weighted by Gasteiger charge is -2.40. The Morgan fingerprint density at radius 1 is 1.64 bits per heavy atom. The predicted molar refractivity (Wildman–Crippen MR) is 47.1 cm³/mol. The van der Waals surface area contributed by atoms with Crippen molar-refractivity contribution >= 4 is 20.7 Å². The molecular formula is C7H13ClO2S. The van der Waals surface area contributed by atoms with E-state index < -0.39 is 10.0 Å². The molecule has 2 nitrogen and oxygen atoms in total. The van der Waals surface area contributed by atoms with Gasteiger partial charge in [0.15, 0.2) is 0 Å². The second-order valence-corrected chi connectivity index (χ2v) is 4.81. The van der Waals surface area contributed by atoms with Crippen molar-refractivity contribution in [1.29, 1.82) is 0 Å². The first-order valence-corrected chi connectivity index (χ1v) is 6.02. The van der Waals surface area contributed by atoms with Gasteiger partial charge in [0.1, 0.15) is 10.0 Å². The second kappa shape index (κ2) is 3.87. The van der Waals surface area contributed by atoms with Crippen molar-refractivity contribution < 1.29 is 8.95 Å². The molecule has 1 atom stereocenters. The third-order valence-electron chi connectivity index (χ3n) is 2.09. The first-order valence-electron chi connectivity index (χ1n) is 3.87. The van der Waals surface area contributed by atoms with E-state index in [9.17, 15) is 4.21 Å². The molecule has 4 heteroatoms. The van der Waals surface area contributed by atoms with E-state index in [-0.39, 0.29) is 5.60 Å². The molecule has 11 heavy (non-hydrogen) atoms. The van der Waals surface area contributed by atoms with E-state index >= 15 is 0 Å². The zero-order chi connectivity index (χ0) is 8.32. The number of hydrogen-bond acceptors (Lipinski definition) is 2. The van der Waals surface area contributed by atoms with Gasteiger partial charge < -0.3 is 4.74 Å². The molecule has 0 bridgehead atoms. The van der Waals surface area contributed by atoms with E-state index in [1.54, 1.807) is 0 Å². The summed E-state index contributed by atoms with van der Waals surface area (Å²) >= 11 is 0. The van der Waals surface area contributed by atoms with Crippen LogP contribution in [0, 0.1) is 0 Å². The zero-order valence-corrected chi connectivity index (χ0v) is 8.21. The Labute approximate surface area is 74.2 Å². The highest BCUT2D eigenvalue weighted by molar-refractivity contribution is 8.08. The minimum absolute atomic E-state index is 0.138. The van der Waals surface area contributed by atoms with E-state index in [2.05, 4.69) is 0 Å². The highest BCUT2D eigenvalue weighted by atomic mass is 35.7. The molecule has 0 aromatic carbocycles. The summed E-state index contributed by atoms with van der Waals surface area (Å²) in [6, 6.07) is 0. The highest BCUT2D eigenvalue weighted by Crippen LogP contribution is 2.36. The van der Waals surface area contributed by atoms with Gasteiger partial charge in [-0.05, 0) is 36.9 Å². The van der Waals surface area contributed by atoms with Gasteiger partial charge in [-0.15, -0.1) is 0 Å². The van der Waals surface area contributed by atoms with Crippen molar-refractivity contribution in [3.05, 3.63) is 0 Å². The summed E-state index contributed by atoms with van der Waals surface area (Å²) < 4.78 is 16.2. The molecule has 0 aromatic rings. The van der Waals surface area contributed by atoms with E-state index in [4.69, 9.17) is 15.4 Å². The molecule has 0 spiro atoms. The third-order valence-corrected chi connectivity index (χ3v) is 3.17. The largest absolute Gasteiger partial charge is 0.374 e. The summed E-state index contributed by atoms with van der Waals surface area (Å²) in [5.74, 6) is 0.488. The molecule has 1 fully saturated rings. The van der Waals surface area contributed by atoms with Crippen LogP contribution in [-0.4, -0.2) is 22.2 Å². The van der Waals surface area contributed by atoms with Gasteiger partial charge in [0.25, 0.3) is 0 Å². The van der Waals surface area contributed by atoms with Crippen LogP contribution in [0.5, 0.6) is 0 Å². The summed E-state index contributed by atoms with van der Waals surface area (Å²) in [6.45, 7) is 2.64. The molecule has 1 aliphatic rings. The second-order valence-electron chi connectivity index (χ2n) is 2.90. The molecule has 1 aliphatic carbocycles. The van der Waals surface area contributed by atoms with Gasteiger partial charge in [0, 0.05) is 6.61 Å². The van der Waals surface area contributed by atoms with Gasteiger partial charge in [-0.3, -0.25) is 0 Å². The van der Waals surface area contributed by atoms with Crippen molar-refractivity contribution in [1.82, 2.24) is 0 Å². The summed E-state index contributed by atoms with van der Waals surface area (Å²) in [4.78, 5) is 0. The number of rotatable bonds is 4. The van der Waals surface area contributed by atoms with Gasteiger partial charge in [-0.2, -0.15) is 0 Å². The van der Waals surface area contributed by atoms with Gasteiger partial charge in [0.2, 0.25) is 0 Å². The van der Waals surface area contributed by atoms with E-state index in [0.29, 0.717) is 12.4 Å². The van der Waals surface area contributed by atoms with Crippen LogP contribution in [0.15, 0.2) is 0 Å². The topological polar surface area (TPSA) is 26.3 Å². The Morgan fingerprint density at radius 2 is 2.27 bits per heavy atom. The van der Waals surface area contributed by atoms with Crippen molar-refractivity contribution in [3.63, 3.8) is 0 Å². The van der Waals surface area contributed by atoms with Crippen molar-refractivity contribution in [2.24, 2.45) is 0 Å². The summed E-state index contributed by atoms with van der Waals surface area (Å²) in [6.07, 6.45) is 3.20. The Balaban J connectivity index is 2.39. The first kappa shape index (κ1) is 9.49. The Morgan fingerprint density at radius 3 is 2.55 bits per heavy atom. The molecule has 0 radical (unpaired) electrons. The molecular weight excluding hydrogens is 184 g/mol. The van der Waals surface area contributed by atoms with Crippen molar-refractivity contribution in [2.45, 2.75) is 31.8 Å². The molecule has 1 unspecified atom stereocenters. The normalized spacial score (nSPS) is 24.2. The lowest BCUT2D eigenvalue weighted by molar-refractivity contribution is -0.0762. The average molecular weight is 197 g/mol. The number of hydrogen-bond donors (Lipinski definition) is 0. The van der Waals surface area contributed by atoms with Gasteiger partial charge in [0.05, 0.1) is 11.4 Å². The average Bonchev–Trinajstić information content (AvgIpc) is 1.82. The van der Waals surface area contributed by atoms with Crippen molar-refractivity contribution in [3.8, 4) is 0 Å². The van der Waals surface area contributed by atoms with Crippen LogP contribution in [0.4, 0.5) is 0 Å². The monoisotopic (exact) mass is 196 g/mol. The fourth-order valence-electron chi connectivity index (χ4n) is 1.41. The lowest BCUT2D eigenvalue weighted by atomic mass is 9.82. The van der Waals surface area contributed by atoms with E-state index in [1.165, 1.54) is 6.42 Å². The van der Waals surface area contributed by atoms with Crippen LogP contribution in [0.25, 0.3) is 0 Å². The molecule has 0 aliphatic heterocycles. The molecule has 0 aromatic heterocycles. The molecule has 0 heterocycles. The fourth-order valence-corrected chi connectivity index (χ4v) is 2.80. The van der Waals surface area contributed by atoms with Crippen LogP contribution in [0.1, 0.15) is 26.2 Å². The van der Waals surface area contributed by atoms with Gasteiger partial charge in [-0.25, -0.2) is 4.21 Å². The van der Waals surface area contributed by atoms with E-state index in [1.807, 2.05) is 6.92 Å². The summed E-state index contributed by atoms with van der Waals surface area (Å²) in [5, 5.41) is 0. The van der Waals surface area contributed by atoms with Crippen LogP contribution in [-0.2, 0) is 14.7 Å². The fraction of sp³-hybridized carbons (Fsp3) is 1.00. The van der Waals surface area contributed by atoms with Crippen LogP contribution < -0.4 is 0 Å². The SMILES string of the molecule is CCOC1(CS(=O)Cl)CCC1. The maximum atomic E-state index is 10.7. The third kappa shape index (κ3) is 2.42. The summed E-state index contributed by atoms with van der Waals surface area (Å²) in [5.41, 5.74) is -0.138. The van der Waals surface area contributed by atoms with Crippen LogP contribution in [0.3, 0.4) is 0 Å². The van der Waals surface area contributed by atoms with Gasteiger partial charge in [-0.1, -0.05) is 0 Å². The van der Waals surface area contributed by atoms with Crippen molar-refractivity contribution in [2.75, 3.05) is 12.4 Å². The Bertz CT molecular complexity index is 157. The maximum absolute atomic E-state index is 10.7. The Hall–Kier alpha value is 0.400. The first-order chi connectivity index (χ1) is 5.18. The Kier molecular flexibility index (Phi) is 3.34. The van der Waals surface area contributed by atoms with E-state index in [0.717, 1.165) is 12.8 Å². The highest BCUT2D eigenvalue weighted by Gasteiger charge is 2.38. The number of ether oxygens (including phenoxy) is 1. The predicted octanol–water partition coefficient (Wildman–Crippen LogP) is 1.85. The zero-order valence-electron chi connectivity index (χ0n) is 6.64. The lowest BCUT2D eigenvalue weighted by Crippen LogP contribution is -2.44. The standard InChI is InChI=1S/C7H13ClO2S/c1-2-10-7(4-3-5-7)6-11(8)9/h2-6H2,1H3. The van der Waals surface area contributed by atoms with Crippen LogP contribution >= 0.6 is 10.7 Å². The smallest absolute Gasteiger partial charge is 0.117 e. The molecule has 1 rings (SSSR count). The minimum atomic E-state index is -1.24. The molecule has 1 saturated carbocycles. The summed E-state index contributed by atoms with van der Waals surface area (Å²) in [7, 11) is 4.16. The minimum Gasteiger partial charge on any atom is -0.374 e. The van der Waals surface area contributed by atoms with Gasteiger partial charge >= 0.3 is 0 Å². The molecule has 0 N–H and O–H groups in total. The van der Waals surface area contributed by atoms with Crippen LogP contribution in [0.2, 0.25) is 0 Å². The molecule has 0 saturated heterocycles. The number of halogens is 1. The molecule has 0 amide bonds. The molecule has 66 valence electrons. The maximum Gasteiger partial charge on any atom is 0.117 e.